The van der Waals surface area contributed by atoms with Crippen LogP contribution in [0.4, 0.5) is 18.9 Å². The van der Waals surface area contributed by atoms with E-state index in [1.165, 1.54) is 18.2 Å². The molecular weight excluding hydrogens is 377 g/mol. The molecule has 0 spiro atoms. The maximum atomic E-state index is 14.5. The number of rotatable bonds is 5. The fourth-order valence-corrected chi connectivity index (χ4v) is 3.42. The van der Waals surface area contributed by atoms with Gasteiger partial charge in [-0.15, -0.1) is 0 Å². The van der Waals surface area contributed by atoms with E-state index in [0.717, 1.165) is 18.2 Å². The van der Waals surface area contributed by atoms with Crippen LogP contribution in [0.25, 0.3) is 11.1 Å². The Morgan fingerprint density at radius 3 is 2.59 bits per heavy atom. The van der Waals surface area contributed by atoms with E-state index in [1.807, 2.05) is 13.0 Å². The van der Waals surface area contributed by atoms with E-state index in [1.54, 1.807) is 19.1 Å². The molecule has 0 atom stereocenters. The highest BCUT2D eigenvalue weighted by atomic mass is 19.2. The summed E-state index contributed by atoms with van der Waals surface area (Å²) >= 11 is 0. The molecule has 152 valence electrons. The van der Waals surface area contributed by atoms with E-state index in [0.29, 0.717) is 30.5 Å². The molecule has 6 heteroatoms. The van der Waals surface area contributed by atoms with Crippen molar-refractivity contribution in [3.63, 3.8) is 0 Å². The number of carbonyl (C=O) groups is 1. The molecule has 0 saturated heterocycles. The number of anilines is 1. The van der Waals surface area contributed by atoms with Gasteiger partial charge in [-0.3, -0.25) is 4.79 Å². The Hall–Kier alpha value is -2.86. The lowest BCUT2D eigenvalue weighted by Crippen LogP contribution is -2.20. The zero-order chi connectivity index (χ0) is 21.0. The molecule has 0 aromatic heterocycles. The molecule has 0 radical (unpaired) electrons. The molecule has 1 amide bonds. The molecule has 2 aromatic rings. The number of hydrogen-bond acceptors (Lipinski definition) is 2. The maximum Gasteiger partial charge on any atom is 0.255 e. The van der Waals surface area contributed by atoms with E-state index in [4.69, 9.17) is 0 Å². The molecule has 0 unspecified atom stereocenters. The van der Waals surface area contributed by atoms with Crippen LogP contribution >= 0.6 is 0 Å². The number of hydrogen-bond donors (Lipinski definition) is 2. The second kappa shape index (κ2) is 9.09. The fourth-order valence-electron chi connectivity index (χ4n) is 3.42. The average Bonchev–Trinajstić information content (AvgIpc) is 2.74. The molecule has 1 aliphatic heterocycles. The monoisotopic (exact) mass is 400 g/mol. The summed E-state index contributed by atoms with van der Waals surface area (Å²) in [7, 11) is 0. The third-order valence-electron chi connectivity index (χ3n) is 5.05. The Kier molecular flexibility index (Phi) is 6.54. The summed E-state index contributed by atoms with van der Waals surface area (Å²) in [6.07, 6.45) is 4.89. The molecule has 2 aromatic carbocycles. The quantitative estimate of drug-likeness (QED) is 0.691. The highest BCUT2D eigenvalue weighted by molar-refractivity contribution is 6.04. The van der Waals surface area contributed by atoms with Crippen molar-refractivity contribution >= 4 is 22.7 Å². The van der Waals surface area contributed by atoms with Crippen molar-refractivity contribution < 1.29 is 18.0 Å². The predicted molar refractivity (Wildman–Crippen MR) is 110 cm³/mol. The van der Waals surface area contributed by atoms with Gasteiger partial charge in [-0.1, -0.05) is 25.1 Å². The van der Waals surface area contributed by atoms with Crippen molar-refractivity contribution in [3.8, 4) is 0 Å². The molecule has 29 heavy (non-hydrogen) atoms. The Morgan fingerprint density at radius 1 is 1.17 bits per heavy atom. The first kappa shape index (κ1) is 20.9. The highest BCUT2D eigenvalue weighted by Gasteiger charge is 2.19. The summed E-state index contributed by atoms with van der Waals surface area (Å²) in [6, 6.07) is 6.88. The zero-order valence-corrected chi connectivity index (χ0v) is 16.4. The van der Waals surface area contributed by atoms with Crippen LogP contribution in [0.2, 0.25) is 0 Å². The molecule has 3 nitrogen and oxygen atoms in total. The van der Waals surface area contributed by atoms with E-state index in [9.17, 15) is 18.0 Å². The highest BCUT2D eigenvalue weighted by Crippen LogP contribution is 2.28. The first-order chi connectivity index (χ1) is 14.0. The minimum absolute atomic E-state index is 0.0346. The summed E-state index contributed by atoms with van der Waals surface area (Å²) in [5.41, 5.74) is 1.91. The number of amides is 1. The van der Waals surface area contributed by atoms with Crippen LogP contribution in [-0.2, 0) is 0 Å². The van der Waals surface area contributed by atoms with Gasteiger partial charge in [0, 0.05) is 23.2 Å². The zero-order valence-electron chi connectivity index (χ0n) is 16.4. The molecule has 1 aliphatic rings. The molecular formula is C23H23F3N2O. The second-order valence-electron chi connectivity index (χ2n) is 6.79. The number of allylic oxidation sites excluding steroid dienone is 2. The van der Waals surface area contributed by atoms with Gasteiger partial charge >= 0.3 is 0 Å². The van der Waals surface area contributed by atoms with Gasteiger partial charge in [0.25, 0.3) is 5.91 Å². The van der Waals surface area contributed by atoms with Crippen molar-refractivity contribution in [2.75, 3.05) is 18.4 Å². The lowest BCUT2D eigenvalue weighted by Gasteiger charge is -2.15. The third-order valence-corrected chi connectivity index (χ3v) is 5.05. The maximum absolute atomic E-state index is 14.5. The lowest BCUT2D eigenvalue weighted by atomic mass is 9.98. The van der Waals surface area contributed by atoms with E-state index in [2.05, 4.69) is 10.6 Å². The SMILES string of the molecule is C/C=C(\CC)c1ccc(NC(=O)c2ccc(C3=CCNCC3)c(F)c2)c(F)c1F. The van der Waals surface area contributed by atoms with Crippen LogP contribution in [0.15, 0.2) is 42.5 Å². The van der Waals surface area contributed by atoms with Gasteiger partial charge in [-0.2, -0.15) is 0 Å². The van der Waals surface area contributed by atoms with Crippen LogP contribution < -0.4 is 10.6 Å². The summed E-state index contributed by atoms with van der Waals surface area (Å²) in [6.45, 7) is 5.04. The molecule has 0 fully saturated rings. The van der Waals surface area contributed by atoms with Crippen molar-refractivity contribution in [1.29, 1.82) is 0 Å². The Bertz CT molecular complexity index is 996. The largest absolute Gasteiger partial charge is 0.319 e. The van der Waals surface area contributed by atoms with Gasteiger partial charge in [-0.25, -0.2) is 13.2 Å². The number of benzene rings is 2. The van der Waals surface area contributed by atoms with Crippen molar-refractivity contribution in [1.82, 2.24) is 5.32 Å². The van der Waals surface area contributed by atoms with E-state index < -0.39 is 23.4 Å². The molecule has 1 heterocycles. The van der Waals surface area contributed by atoms with Crippen LogP contribution in [0.3, 0.4) is 0 Å². The average molecular weight is 400 g/mol. The second-order valence-corrected chi connectivity index (χ2v) is 6.79. The first-order valence-corrected chi connectivity index (χ1v) is 9.60. The topological polar surface area (TPSA) is 41.1 Å². The van der Waals surface area contributed by atoms with E-state index in [-0.39, 0.29) is 16.8 Å². The van der Waals surface area contributed by atoms with Gasteiger partial charge in [0.15, 0.2) is 11.6 Å². The number of nitrogens with one attached hydrogen (secondary N) is 2. The van der Waals surface area contributed by atoms with E-state index >= 15 is 0 Å². The Labute approximate surface area is 168 Å². The minimum Gasteiger partial charge on any atom is -0.319 e. The van der Waals surface area contributed by atoms with Gasteiger partial charge in [0.2, 0.25) is 0 Å². The van der Waals surface area contributed by atoms with Crippen molar-refractivity contribution in [2.24, 2.45) is 0 Å². The Balaban J connectivity index is 1.82. The van der Waals surface area contributed by atoms with Crippen LogP contribution in [0, 0.1) is 17.5 Å². The molecule has 0 saturated carbocycles. The molecule has 2 N–H and O–H groups in total. The van der Waals surface area contributed by atoms with Gasteiger partial charge in [0.1, 0.15) is 5.82 Å². The van der Waals surface area contributed by atoms with Gasteiger partial charge in [0.05, 0.1) is 5.69 Å². The number of carbonyl (C=O) groups excluding carboxylic acids is 1. The predicted octanol–water partition coefficient (Wildman–Crippen LogP) is 5.55. The fraction of sp³-hybridized carbons (Fsp3) is 0.261. The summed E-state index contributed by atoms with van der Waals surface area (Å²) in [4.78, 5) is 12.4. The standard InChI is InChI=1S/C23H23F3N2O/c1-3-14(4-2)18-7-8-20(22(26)21(18)25)28-23(29)16-5-6-17(19(24)13-16)15-9-11-27-12-10-15/h3,5-9,13,27H,4,10-12H2,1-2H3,(H,28,29)/b14-3+. The van der Waals surface area contributed by atoms with Gasteiger partial charge in [-0.05, 0) is 61.7 Å². The smallest absolute Gasteiger partial charge is 0.255 e. The summed E-state index contributed by atoms with van der Waals surface area (Å²) < 4.78 is 43.4. The van der Waals surface area contributed by atoms with Crippen LogP contribution in [0.1, 0.15) is 48.2 Å². The lowest BCUT2D eigenvalue weighted by molar-refractivity contribution is 0.102. The van der Waals surface area contributed by atoms with Crippen LogP contribution in [-0.4, -0.2) is 19.0 Å². The minimum atomic E-state index is -1.14. The third kappa shape index (κ3) is 4.43. The van der Waals surface area contributed by atoms with Gasteiger partial charge < -0.3 is 10.6 Å². The first-order valence-electron chi connectivity index (χ1n) is 9.60. The molecule has 0 bridgehead atoms. The Morgan fingerprint density at radius 2 is 1.97 bits per heavy atom. The summed E-state index contributed by atoms with van der Waals surface area (Å²) in [5, 5.41) is 5.49. The van der Waals surface area contributed by atoms with Crippen molar-refractivity contribution in [3.05, 3.63) is 76.6 Å². The number of halogens is 3. The van der Waals surface area contributed by atoms with Crippen molar-refractivity contribution in [2.45, 2.75) is 26.7 Å². The van der Waals surface area contributed by atoms with Crippen LogP contribution in [0.5, 0.6) is 0 Å². The normalized spacial score (nSPS) is 14.5. The summed E-state index contributed by atoms with van der Waals surface area (Å²) in [5.74, 6) is -3.38. The molecule has 0 aliphatic carbocycles. The molecule has 3 rings (SSSR count).